The van der Waals surface area contributed by atoms with Gasteiger partial charge in [0.15, 0.2) is 5.65 Å². The molecule has 0 aromatic carbocycles. The highest BCUT2D eigenvalue weighted by atomic mass is 15.2. The van der Waals surface area contributed by atoms with Gasteiger partial charge in [-0.3, -0.25) is 4.40 Å². The van der Waals surface area contributed by atoms with E-state index < -0.39 is 0 Å². The van der Waals surface area contributed by atoms with E-state index in [1.165, 1.54) is 0 Å². The molecule has 50 valence electrons. The van der Waals surface area contributed by atoms with Crippen LogP contribution < -0.4 is 0 Å². The van der Waals surface area contributed by atoms with Crippen molar-refractivity contribution in [1.82, 2.24) is 19.6 Å². The van der Waals surface area contributed by atoms with E-state index in [4.69, 9.17) is 0 Å². The van der Waals surface area contributed by atoms with Crippen LogP contribution in [0.5, 0.6) is 0 Å². The van der Waals surface area contributed by atoms with Gasteiger partial charge in [0, 0.05) is 12.3 Å². The molecule has 0 fully saturated rings. The quantitative estimate of drug-likeness (QED) is 0.524. The van der Waals surface area contributed by atoms with Crippen molar-refractivity contribution < 1.29 is 0 Å². The lowest BCUT2D eigenvalue weighted by atomic mass is 10.6. The summed E-state index contributed by atoms with van der Waals surface area (Å²) >= 11 is 0. The molecule has 0 aliphatic heterocycles. The van der Waals surface area contributed by atoms with Gasteiger partial charge in [-0.05, 0) is 6.92 Å². The highest BCUT2D eigenvalue weighted by Crippen LogP contribution is 1.97. The summed E-state index contributed by atoms with van der Waals surface area (Å²) in [4.78, 5) is 3.93. The molecule has 2 heterocycles. The highest BCUT2D eigenvalue weighted by molar-refractivity contribution is 5.34. The molecular weight excluding hydrogens is 128 g/mol. The predicted molar refractivity (Wildman–Crippen MR) is 35.5 cm³/mol. The Morgan fingerprint density at radius 2 is 2.30 bits per heavy atom. The van der Waals surface area contributed by atoms with Crippen molar-refractivity contribution in [3.05, 3.63) is 24.4 Å². The monoisotopic (exact) mass is 134 g/mol. The predicted octanol–water partition coefficient (Wildman–Crippen LogP) is 0.433. The Morgan fingerprint density at radius 1 is 1.40 bits per heavy atom. The van der Waals surface area contributed by atoms with E-state index >= 15 is 0 Å². The van der Waals surface area contributed by atoms with Crippen LogP contribution in [0.1, 0.15) is 5.82 Å². The third-order valence-electron chi connectivity index (χ3n) is 1.38. The maximum Gasteiger partial charge on any atom is 0.163 e. The third-order valence-corrected chi connectivity index (χ3v) is 1.38. The maximum absolute atomic E-state index is 3.93. The summed E-state index contributed by atoms with van der Waals surface area (Å²) in [7, 11) is 0. The van der Waals surface area contributed by atoms with Crippen LogP contribution in [0.2, 0.25) is 0 Å². The normalized spacial score (nSPS) is 10.5. The lowest BCUT2D eigenvalue weighted by Gasteiger charge is -1.88. The lowest BCUT2D eigenvalue weighted by Crippen LogP contribution is -1.87. The number of aryl methyl sites for hydroxylation is 1. The summed E-state index contributed by atoms with van der Waals surface area (Å²) < 4.78 is 1.83. The molecule has 0 saturated carbocycles. The number of hydrogen-bond donors (Lipinski definition) is 0. The van der Waals surface area contributed by atoms with Crippen LogP contribution in [0.25, 0.3) is 5.65 Å². The first kappa shape index (κ1) is 5.34. The zero-order valence-electron chi connectivity index (χ0n) is 5.52. The van der Waals surface area contributed by atoms with Crippen LogP contribution >= 0.6 is 0 Å². The van der Waals surface area contributed by atoms with Crippen LogP contribution in [0.15, 0.2) is 18.6 Å². The van der Waals surface area contributed by atoms with Gasteiger partial charge in [-0.15, -0.1) is 10.2 Å². The average Bonchev–Trinajstić information content (AvgIpc) is 2.34. The van der Waals surface area contributed by atoms with Gasteiger partial charge in [0.25, 0.3) is 0 Å². The Morgan fingerprint density at radius 3 is 3.10 bits per heavy atom. The first-order valence-corrected chi connectivity index (χ1v) is 2.99. The van der Waals surface area contributed by atoms with Crippen molar-refractivity contribution in [3.8, 4) is 0 Å². The van der Waals surface area contributed by atoms with E-state index in [9.17, 15) is 0 Å². The Bertz CT molecular complexity index is 351. The third kappa shape index (κ3) is 0.586. The van der Waals surface area contributed by atoms with Crippen LogP contribution in [0.4, 0.5) is 0 Å². The molecule has 0 unspecified atom stereocenters. The summed E-state index contributed by atoms with van der Waals surface area (Å²) in [5.74, 6) is 0.864. The summed E-state index contributed by atoms with van der Waals surface area (Å²) in [6.45, 7) is 1.89. The molecule has 2 aromatic rings. The molecule has 0 N–H and O–H groups in total. The van der Waals surface area contributed by atoms with Crippen molar-refractivity contribution >= 4 is 5.65 Å². The fourth-order valence-corrected chi connectivity index (χ4v) is 0.857. The second kappa shape index (κ2) is 1.76. The molecule has 0 bridgehead atoms. The largest absolute Gasteiger partial charge is 0.269 e. The smallest absolute Gasteiger partial charge is 0.163 e. The second-order valence-electron chi connectivity index (χ2n) is 2.06. The summed E-state index contributed by atoms with van der Waals surface area (Å²) in [5.41, 5.74) is 0.840. The molecule has 10 heavy (non-hydrogen) atoms. The van der Waals surface area contributed by atoms with Gasteiger partial charge >= 0.3 is 0 Å². The Hall–Kier alpha value is -1.45. The van der Waals surface area contributed by atoms with Crippen molar-refractivity contribution in [3.63, 3.8) is 0 Å². The molecule has 0 aliphatic rings. The zero-order valence-corrected chi connectivity index (χ0v) is 5.52. The zero-order chi connectivity index (χ0) is 6.97. The second-order valence-corrected chi connectivity index (χ2v) is 2.06. The molecule has 0 atom stereocenters. The fourth-order valence-electron chi connectivity index (χ4n) is 0.857. The highest BCUT2D eigenvalue weighted by Gasteiger charge is 1.95. The molecule has 4 nitrogen and oxygen atoms in total. The van der Waals surface area contributed by atoms with E-state index in [0.717, 1.165) is 11.5 Å². The maximum atomic E-state index is 3.93. The molecule has 2 rings (SSSR count). The summed E-state index contributed by atoms with van der Waals surface area (Å²) in [5, 5.41) is 7.76. The number of fused-ring (bicyclic) bond motifs is 1. The Kier molecular flexibility index (Phi) is 0.943. The fraction of sp³-hybridized carbons (Fsp3) is 0.167. The lowest BCUT2D eigenvalue weighted by molar-refractivity contribution is 0.983. The SMILES string of the molecule is Cc1nnc2ccncn12. The molecule has 0 spiro atoms. The van der Waals surface area contributed by atoms with Crippen LogP contribution in [-0.2, 0) is 0 Å². The Labute approximate surface area is 57.5 Å². The Balaban J connectivity index is 2.93. The van der Waals surface area contributed by atoms with Crippen LogP contribution in [-0.4, -0.2) is 19.6 Å². The van der Waals surface area contributed by atoms with Crippen molar-refractivity contribution in [2.75, 3.05) is 0 Å². The van der Waals surface area contributed by atoms with E-state index in [-0.39, 0.29) is 0 Å². The molecule has 4 heteroatoms. The number of hydrogen-bond acceptors (Lipinski definition) is 3. The molecule has 2 aromatic heterocycles. The van der Waals surface area contributed by atoms with E-state index in [0.29, 0.717) is 0 Å². The van der Waals surface area contributed by atoms with Crippen molar-refractivity contribution in [2.24, 2.45) is 0 Å². The minimum Gasteiger partial charge on any atom is -0.269 e. The van der Waals surface area contributed by atoms with Gasteiger partial charge in [-0.25, -0.2) is 4.98 Å². The van der Waals surface area contributed by atoms with Gasteiger partial charge < -0.3 is 0 Å². The van der Waals surface area contributed by atoms with Crippen molar-refractivity contribution in [2.45, 2.75) is 6.92 Å². The molecule has 0 saturated heterocycles. The van der Waals surface area contributed by atoms with Gasteiger partial charge in [0.05, 0.1) is 0 Å². The number of aromatic nitrogens is 4. The summed E-state index contributed by atoms with van der Waals surface area (Å²) in [6.07, 6.45) is 3.40. The van der Waals surface area contributed by atoms with Gasteiger partial charge in [0.2, 0.25) is 0 Å². The summed E-state index contributed by atoms with van der Waals surface area (Å²) in [6, 6.07) is 1.82. The topological polar surface area (TPSA) is 43.1 Å². The van der Waals surface area contributed by atoms with Crippen LogP contribution in [0.3, 0.4) is 0 Å². The molecule has 0 aliphatic carbocycles. The van der Waals surface area contributed by atoms with E-state index in [2.05, 4.69) is 15.2 Å². The standard InChI is InChI=1S/C6H6N4/c1-5-8-9-6-2-3-7-4-10(5)6/h2-4H,1H3. The van der Waals surface area contributed by atoms with E-state index in [1.54, 1.807) is 12.5 Å². The number of nitrogens with zero attached hydrogens (tertiary/aromatic N) is 4. The molecule has 0 amide bonds. The minimum absolute atomic E-state index is 0.840. The van der Waals surface area contributed by atoms with Gasteiger partial charge in [-0.2, -0.15) is 0 Å². The van der Waals surface area contributed by atoms with Gasteiger partial charge in [-0.1, -0.05) is 0 Å². The number of rotatable bonds is 0. The van der Waals surface area contributed by atoms with Crippen LogP contribution in [0, 0.1) is 6.92 Å². The minimum atomic E-state index is 0.840. The van der Waals surface area contributed by atoms with E-state index in [1.807, 2.05) is 17.4 Å². The first-order chi connectivity index (χ1) is 4.88. The first-order valence-electron chi connectivity index (χ1n) is 2.99. The molecular formula is C6H6N4. The van der Waals surface area contributed by atoms with Gasteiger partial charge in [0.1, 0.15) is 12.2 Å². The average molecular weight is 134 g/mol. The van der Waals surface area contributed by atoms with Crippen molar-refractivity contribution in [1.29, 1.82) is 0 Å². The molecule has 0 radical (unpaired) electrons.